The molecule has 16 nitrogen and oxygen atoms in total. The van der Waals surface area contributed by atoms with E-state index in [9.17, 15) is 56.2 Å². The first-order chi connectivity index (χ1) is 16.0. The van der Waals surface area contributed by atoms with E-state index in [1.54, 1.807) is 0 Å². The van der Waals surface area contributed by atoms with Gasteiger partial charge >= 0.3 is 0 Å². The molecule has 3 rings (SSSR count). The van der Waals surface area contributed by atoms with Gasteiger partial charge in [0.15, 0.2) is 18.9 Å². The fourth-order valence-corrected chi connectivity index (χ4v) is 4.06. The molecule has 0 amide bonds. The minimum Gasteiger partial charge on any atom is -0.394 e. The summed E-state index contributed by atoms with van der Waals surface area (Å²) in [6.07, 6.45) is -25.1. The van der Waals surface area contributed by atoms with E-state index in [4.69, 9.17) is 23.7 Å². The zero-order chi connectivity index (χ0) is 25.3. The number of aliphatic hydroxyl groups is 11. The second-order valence-corrected chi connectivity index (χ2v) is 8.33. The molecule has 0 aromatic carbocycles. The Kier molecular flexibility index (Phi) is 9.54. The minimum atomic E-state index is -1.91. The van der Waals surface area contributed by atoms with E-state index in [2.05, 4.69) is 0 Å². The zero-order valence-corrected chi connectivity index (χ0v) is 17.7. The molecule has 200 valence electrons. The van der Waals surface area contributed by atoms with Crippen LogP contribution in [0.4, 0.5) is 0 Å². The molecular weight excluding hydrogens is 472 g/mol. The second kappa shape index (κ2) is 11.6. The van der Waals surface area contributed by atoms with Gasteiger partial charge in [-0.25, -0.2) is 0 Å². The number of ether oxygens (including phenoxy) is 5. The van der Waals surface area contributed by atoms with E-state index in [0.29, 0.717) is 0 Å². The Hall–Kier alpha value is -0.640. The van der Waals surface area contributed by atoms with E-state index < -0.39 is 112 Å². The Labute approximate surface area is 192 Å². The summed E-state index contributed by atoms with van der Waals surface area (Å²) in [6, 6.07) is 0. The second-order valence-electron chi connectivity index (χ2n) is 8.33. The lowest BCUT2D eigenvalue weighted by Crippen LogP contribution is -2.66. The first kappa shape index (κ1) is 27.9. The van der Waals surface area contributed by atoms with Crippen LogP contribution >= 0.6 is 0 Å². The van der Waals surface area contributed by atoms with Gasteiger partial charge in [-0.3, -0.25) is 0 Å². The third-order valence-electron chi connectivity index (χ3n) is 6.09. The van der Waals surface area contributed by atoms with Gasteiger partial charge in [-0.05, 0) is 0 Å². The van der Waals surface area contributed by atoms with Crippen molar-refractivity contribution in [2.45, 2.75) is 92.1 Å². The largest absolute Gasteiger partial charge is 0.394 e. The van der Waals surface area contributed by atoms with Gasteiger partial charge < -0.3 is 79.9 Å². The van der Waals surface area contributed by atoms with Gasteiger partial charge in [0.1, 0.15) is 73.2 Å². The van der Waals surface area contributed by atoms with Gasteiger partial charge in [-0.15, -0.1) is 0 Å². The summed E-state index contributed by atoms with van der Waals surface area (Å²) in [7, 11) is 0. The molecule has 3 aliphatic heterocycles. The Morgan fingerprint density at radius 2 is 0.853 bits per heavy atom. The fourth-order valence-electron chi connectivity index (χ4n) is 4.06. The maximum atomic E-state index is 10.6. The molecule has 0 aliphatic carbocycles. The molecule has 11 N–H and O–H groups in total. The Morgan fingerprint density at radius 1 is 0.441 bits per heavy atom. The number of hydrogen-bond donors (Lipinski definition) is 11. The molecule has 3 fully saturated rings. The van der Waals surface area contributed by atoms with Crippen molar-refractivity contribution < 1.29 is 79.9 Å². The quantitative estimate of drug-likeness (QED) is 0.154. The molecule has 0 radical (unpaired) electrons. The Morgan fingerprint density at radius 3 is 1.35 bits per heavy atom. The van der Waals surface area contributed by atoms with Crippen LogP contribution in [0.3, 0.4) is 0 Å². The predicted molar refractivity (Wildman–Crippen MR) is 101 cm³/mol. The van der Waals surface area contributed by atoms with E-state index >= 15 is 0 Å². The fraction of sp³-hybridized carbons (Fsp3) is 1.00. The molecule has 3 heterocycles. The van der Waals surface area contributed by atoms with Gasteiger partial charge in [-0.1, -0.05) is 0 Å². The zero-order valence-electron chi connectivity index (χ0n) is 17.7. The summed E-state index contributed by atoms with van der Waals surface area (Å²) in [5, 5.41) is 109. The maximum absolute atomic E-state index is 10.6. The Balaban J connectivity index is 1.72. The first-order valence-corrected chi connectivity index (χ1v) is 10.6. The molecule has 0 spiro atoms. The van der Waals surface area contributed by atoms with Crippen LogP contribution in [0.15, 0.2) is 0 Å². The van der Waals surface area contributed by atoms with Gasteiger partial charge in [-0.2, -0.15) is 0 Å². The summed E-state index contributed by atoms with van der Waals surface area (Å²) in [5.74, 6) is 0. The first-order valence-electron chi connectivity index (χ1n) is 10.6. The summed E-state index contributed by atoms with van der Waals surface area (Å²) in [5.41, 5.74) is 0. The van der Waals surface area contributed by atoms with Crippen molar-refractivity contribution in [2.24, 2.45) is 0 Å². The average Bonchev–Trinajstić information content (AvgIpc) is 2.83. The minimum absolute atomic E-state index is 0.741. The van der Waals surface area contributed by atoms with E-state index in [-0.39, 0.29) is 0 Å². The van der Waals surface area contributed by atoms with E-state index in [0.717, 1.165) is 0 Å². The normalized spacial score (nSPS) is 52.5. The van der Waals surface area contributed by atoms with Gasteiger partial charge in [0.2, 0.25) is 0 Å². The lowest BCUT2D eigenvalue weighted by Gasteiger charge is -2.47. The highest BCUT2D eigenvalue weighted by Gasteiger charge is 2.53. The van der Waals surface area contributed by atoms with E-state index in [1.165, 1.54) is 0 Å². The smallest absolute Gasteiger partial charge is 0.187 e. The monoisotopic (exact) mass is 504 g/mol. The predicted octanol–water partition coefficient (Wildman–Crippen LogP) is -7.57. The van der Waals surface area contributed by atoms with Crippen LogP contribution in [-0.2, 0) is 23.7 Å². The third-order valence-corrected chi connectivity index (χ3v) is 6.09. The third kappa shape index (κ3) is 5.37. The molecule has 16 heteroatoms. The van der Waals surface area contributed by atoms with Crippen LogP contribution in [0.1, 0.15) is 0 Å². The standard InChI is InChI=1S/C18H32O16/c19-1-4-7(22)8(23)12(27)17(31-4)34-15-6(3-21)32-18(13(28)10(15)25)33-14-5(2-20)30-16(29)11(26)9(14)24/h4-29H,1-3H2/t4-,5-,6-,7-,8+,9-,10-,11-,12+,13-,14-,15-,16-,17+,18+/m1/s1. The SMILES string of the molecule is OC[C@H]1O[C@@H](O[C@H]2[C@H](O)[C@@H](O)[C@H](O[C@H]3[C@H](O)[C@@H](O)[C@H](O)O[C@@H]3CO)O[C@@H]2CO)[C@@H](O)[C@@H](O)[C@@H]1O. The van der Waals surface area contributed by atoms with E-state index in [1.807, 2.05) is 0 Å². The summed E-state index contributed by atoms with van der Waals surface area (Å²) in [6.45, 7) is -2.32. The lowest BCUT2D eigenvalue weighted by molar-refractivity contribution is -0.377. The molecule has 15 atom stereocenters. The van der Waals surface area contributed by atoms with Gasteiger partial charge in [0.25, 0.3) is 0 Å². The molecular formula is C18H32O16. The molecule has 0 aromatic heterocycles. The van der Waals surface area contributed by atoms with Crippen LogP contribution in [0, 0.1) is 0 Å². The van der Waals surface area contributed by atoms with Crippen LogP contribution in [-0.4, -0.2) is 168 Å². The summed E-state index contributed by atoms with van der Waals surface area (Å²) in [4.78, 5) is 0. The topological polar surface area (TPSA) is 269 Å². The number of hydrogen-bond acceptors (Lipinski definition) is 16. The average molecular weight is 504 g/mol. The molecule has 3 aliphatic rings. The van der Waals surface area contributed by atoms with Crippen LogP contribution in [0.5, 0.6) is 0 Å². The van der Waals surface area contributed by atoms with Crippen LogP contribution in [0.25, 0.3) is 0 Å². The molecule has 0 bridgehead atoms. The van der Waals surface area contributed by atoms with Crippen molar-refractivity contribution in [1.29, 1.82) is 0 Å². The van der Waals surface area contributed by atoms with Gasteiger partial charge in [0.05, 0.1) is 19.8 Å². The van der Waals surface area contributed by atoms with Gasteiger partial charge in [0, 0.05) is 0 Å². The molecule has 34 heavy (non-hydrogen) atoms. The number of rotatable bonds is 7. The van der Waals surface area contributed by atoms with Crippen molar-refractivity contribution in [3.63, 3.8) is 0 Å². The molecule has 0 saturated carbocycles. The maximum Gasteiger partial charge on any atom is 0.187 e. The molecule has 0 unspecified atom stereocenters. The van der Waals surface area contributed by atoms with Crippen LogP contribution < -0.4 is 0 Å². The summed E-state index contributed by atoms with van der Waals surface area (Å²) < 4.78 is 26.4. The highest BCUT2D eigenvalue weighted by atomic mass is 16.8. The number of aliphatic hydroxyl groups excluding tert-OH is 11. The van der Waals surface area contributed by atoms with Crippen LogP contribution in [0.2, 0.25) is 0 Å². The Bertz CT molecular complexity index is 635. The summed E-state index contributed by atoms with van der Waals surface area (Å²) >= 11 is 0. The molecule has 3 saturated heterocycles. The van der Waals surface area contributed by atoms with Crippen molar-refractivity contribution in [3.05, 3.63) is 0 Å². The lowest BCUT2D eigenvalue weighted by atomic mass is 9.96. The highest BCUT2D eigenvalue weighted by molar-refractivity contribution is 4.96. The molecule has 0 aromatic rings. The highest BCUT2D eigenvalue weighted by Crippen LogP contribution is 2.32. The van der Waals surface area contributed by atoms with Crippen molar-refractivity contribution >= 4 is 0 Å². The van der Waals surface area contributed by atoms with Crippen molar-refractivity contribution in [2.75, 3.05) is 19.8 Å². The van der Waals surface area contributed by atoms with Crippen molar-refractivity contribution in [3.8, 4) is 0 Å². The van der Waals surface area contributed by atoms with Crippen molar-refractivity contribution in [1.82, 2.24) is 0 Å².